The Morgan fingerprint density at radius 1 is 1.31 bits per heavy atom. The Bertz CT molecular complexity index is 339. The Labute approximate surface area is 95.0 Å². The van der Waals surface area contributed by atoms with Crippen molar-refractivity contribution >= 4 is 11.8 Å². The van der Waals surface area contributed by atoms with E-state index in [0.29, 0.717) is 0 Å². The van der Waals surface area contributed by atoms with Gasteiger partial charge in [0.15, 0.2) is 0 Å². The lowest BCUT2D eigenvalue weighted by Gasteiger charge is -2.03. The van der Waals surface area contributed by atoms with Gasteiger partial charge in [-0.3, -0.25) is 0 Å². The van der Waals surface area contributed by atoms with Crippen molar-refractivity contribution in [1.29, 1.82) is 0 Å². The highest BCUT2D eigenvalue weighted by molar-refractivity contribution is 5.56. The molecule has 4 nitrogen and oxygen atoms in total. The molecule has 0 atom stereocenters. The number of rotatable bonds is 6. The molecule has 0 radical (unpaired) electrons. The molecule has 0 spiro atoms. The van der Waals surface area contributed by atoms with Gasteiger partial charge in [0.25, 0.3) is 0 Å². The van der Waals surface area contributed by atoms with Crippen molar-refractivity contribution in [2.45, 2.75) is 25.7 Å². The molecule has 0 bridgehead atoms. The Morgan fingerprint density at radius 3 is 2.81 bits per heavy atom. The van der Waals surface area contributed by atoms with Gasteiger partial charge in [0.1, 0.15) is 0 Å². The molecule has 0 aliphatic rings. The third kappa shape index (κ3) is 5.24. The zero-order valence-corrected chi connectivity index (χ0v) is 9.19. The minimum absolute atomic E-state index is 0.284. The molecule has 1 aromatic carbocycles. The van der Waals surface area contributed by atoms with Crippen molar-refractivity contribution in [3.8, 4) is 0 Å². The second kappa shape index (κ2) is 6.71. The van der Waals surface area contributed by atoms with Crippen LogP contribution in [0.5, 0.6) is 0 Å². The van der Waals surface area contributed by atoms with Gasteiger partial charge in [0, 0.05) is 5.69 Å². The smallest absolute Gasteiger partial charge is 0.450 e. The summed E-state index contributed by atoms with van der Waals surface area (Å²) < 4.78 is 4.41. The van der Waals surface area contributed by atoms with Crippen molar-refractivity contribution < 1.29 is 14.6 Å². The van der Waals surface area contributed by atoms with E-state index >= 15 is 0 Å². The average Bonchev–Trinajstić information content (AvgIpc) is 2.23. The van der Waals surface area contributed by atoms with Crippen LogP contribution in [0.3, 0.4) is 0 Å². The largest absolute Gasteiger partial charge is 0.505 e. The summed E-state index contributed by atoms with van der Waals surface area (Å²) in [6, 6.07) is 7.82. The van der Waals surface area contributed by atoms with Gasteiger partial charge in [-0.05, 0) is 43.4 Å². The van der Waals surface area contributed by atoms with E-state index in [1.165, 1.54) is 5.56 Å². The lowest BCUT2D eigenvalue weighted by molar-refractivity contribution is 0.0900. The molecule has 16 heavy (non-hydrogen) atoms. The molecule has 0 unspecified atom stereocenters. The molecular formula is C12H17NO3. The van der Waals surface area contributed by atoms with Crippen LogP contribution >= 0.6 is 0 Å². The SMILES string of the molecule is Nc1cccc(CCCCCOC(=O)O)c1. The van der Waals surface area contributed by atoms with E-state index < -0.39 is 6.16 Å². The van der Waals surface area contributed by atoms with Crippen LogP contribution in [0.15, 0.2) is 24.3 Å². The fourth-order valence-electron chi connectivity index (χ4n) is 1.52. The molecule has 0 amide bonds. The first-order valence-electron chi connectivity index (χ1n) is 5.38. The van der Waals surface area contributed by atoms with E-state index in [1.54, 1.807) is 0 Å². The van der Waals surface area contributed by atoms with Gasteiger partial charge in [-0.1, -0.05) is 12.1 Å². The second-order valence-corrected chi connectivity index (χ2v) is 3.67. The minimum Gasteiger partial charge on any atom is -0.450 e. The maximum Gasteiger partial charge on any atom is 0.505 e. The van der Waals surface area contributed by atoms with E-state index in [-0.39, 0.29) is 6.61 Å². The molecule has 4 heteroatoms. The highest BCUT2D eigenvalue weighted by Crippen LogP contribution is 2.10. The molecule has 0 aliphatic heterocycles. The van der Waals surface area contributed by atoms with Gasteiger partial charge in [-0.15, -0.1) is 0 Å². The van der Waals surface area contributed by atoms with Gasteiger partial charge in [0.05, 0.1) is 6.61 Å². The first kappa shape index (κ1) is 12.4. The molecule has 0 aromatic heterocycles. The number of ether oxygens (including phenoxy) is 1. The van der Waals surface area contributed by atoms with E-state index in [4.69, 9.17) is 10.8 Å². The van der Waals surface area contributed by atoms with Crippen LogP contribution in [0.2, 0.25) is 0 Å². The molecule has 0 saturated carbocycles. The number of carboxylic acid groups (broad SMARTS) is 1. The maximum absolute atomic E-state index is 10.1. The van der Waals surface area contributed by atoms with Gasteiger partial charge in [0.2, 0.25) is 0 Å². The van der Waals surface area contributed by atoms with E-state index in [0.717, 1.165) is 31.4 Å². The zero-order valence-electron chi connectivity index (χ0n) is 9.19. The van der Waals surface area contributed by atoms with Crippen molar-refractivity contribution in [1.82, 2.24) is 0 Å². The molecule has 0 aliphatic carbocycles. The van der Waals surface area contributed by atoms with Gasteiger partial charge >= 0.3 is 6.16 Å². The van der Waals surface area contributed by atoms with Crippen molar-refractivity contribution in [2.75, 3.05) is 12.3 Å². The summed E-state index contributed by atoms with van der Waals surface area (Å²) in [6.45, 7) is 0.284. The minimum atomic E-state index is -1.20. The first-order valence-corrected chi connectivity index (χ1v) is 5.38. The molecule has 88 valence electrons. The number of nitrogens with two attached hydrogens (primary N) is 1. The number of hydrogen-bond donors (Lipinski definition) is 2. The van der Waals surface area contributed by atoms with E-state index in [1.807, 2.05) is 24.3 Å². The molecule has 1 aromatic rings. The molecule has 0 fully saturated rings. The summed E-state index contributed by atoms with van der Waals surface area (Å²) in [4.78, 5) is 10.1. The fourth-order valence-corrected chi connectivity index (χ4v) is 1.52. The topological polar surface area (TPSA) is 72.5 Å². The van der Waals surface area contributed by atoms with Crippen LogP contribution in [0, 0.1) is 0 Å². The zero-order chi connectivity index (χ0) is 11.8. The molecule has 0 saturated heterocycles. The second-order valence-electron chi connectivity index (χ2n) is 3.67. The Kier molecular flexibility index (Phi) is 5.19. The van der Waals surface area contributed by atoms with Crippen LogP contribution in [0.25, 0.3) is 0 Å². The summed E-state index contributed by atoms with van der Waals surface area (Å²) in [5, 5.41) is 8.24. The Hall–Kier alpha value is -1.71. The van der Waals surface area contributed by atoms with Gasteiger partial charge in [-0.2, -0.15) is 0 Å². The van der Waals surface area contributed by atoms with Gasteiger partial charge < -0.3 is 15.6 Å². The first-order chi connectivity index (χ1) is 7.68. The van der Waals surface area contributed by atoms with Gasteiger partial charge in [-0.25, -0.2) is 4.79 Å². The van der Waals surface area contributed by atoms with Crippen LogP contribution in [0.4, 0.5) is 10.5 Å². The van der Waals surface area contributed by atoms with E-state index in [9.17, 15) is 4.79 Å². The number of benzene rings is 1. The summed E-state index contributed by atoms with van der Waals surface area (Å²) in [5.74, 6) is 0. The van der Waals surface area contributed by atoms with Crippen molar-refractivity contribution in [3.63, 3.8) is 0 Å². The molecule has 0 heterocycles. The Balaban J connectivity index is 2.09. The molecule has 3 N–H and O–H groups in total. The number of aryl methyl sites for hydroxylation is 1. The van der Waals surface area contributed by atoms with Crippen molar-refractivity contribution in [3.05, 3.63) is 29.8 Å². The number of hydrogen-bond acceptors (Lipinski definition) is 3. The predicted octanol–water partition coefficient (Wildman–Crippen LogP) is 2.68. The highest BCUT2D eigenvalue weighted by Gasteiger charge is 1.97. The standard InChI is InChI=1S/C12H17NO3/c13-11-7-4-6-10(9-11)5-2-1-3-8-16-12(14)15/h4,6-7,9H,1-3,5,8,13H2,(H,14,15). The monoisotopic (exact) mass is 223 g/mol. The summed E-state index contributed by atoms with van der Waals surface area (Å²) in [6.07, 6.45) is 2.53. The third-order valence-corrected chi connectivity index (χ3v) is 2.29. The predicted molar refractivity (Wildman–Crippen MR) is 62.4 cm³/mol. The number of nitrogen functional groups attached to an aromatic ring is 1. The van der Waals surface area contributed by atoms with Crippen LogP contribution in [-0.2, 0) is 11.2 Å². The lowest BCUT2D eigenvalue weighted by Crippen LogP contribution is -2.01. The van der Waals surface area contributed by atoms with Crippen LogP contribution in [-0.4, -0.2) is 17.9 Å². The fraction of sp³-hybridized carbons (Fsp3) is 0.417. The Morgan fingerprint density at radius 2 is 2.12 bits per heavy atom. The van der Waals surface area contributed by atoms with Crippen LogP contribution < -0.4 is 5.73 Å². The summed E-state index contributed by atoms with van der Waals surface area (Å²) in [7, 11) is 0. The third-order valence-electron chi connectivity index (χ3n) is 2.29. The summed E-state index contributed by atoms with van der Waals surface area (Å²) >= 11 is 0. The normalized spacial score (nSPS) is 10.0. The molecular weight excluding hydrogens is 206 g/mol. The highest BCUT2D eigenvalue weighted by atomic mass is 16.7. The summed E-state index contributed by atoms with van der Waals surface area (Å²) in [5.41, 5.74) is 7.66. The number of unbranched alkanes of at least 4 members (excludes halogenated alkanes) is 2. The average molecular weight is 223 g/mol. The number of anilines is 1. The lowest BCUT2D eigenvalue weighted by atomic mass is 10.1. The maximum atomic E-state index is 10.1. The van der Waals surface area contributed by atoms with Crippen LogP contribution in [0.1, 0.15) is 24.8 Å². The quantitative estimate of drug-likeness (QED) is 0.442. The van der Waals surface area contributed by atoms with Crippen molar-refractivity contribution in [2.24, 2.45) is 0 Å². The number of carbonyl (C=O) groups is 1. The molecule has 1 rings (SSSR count). The van der Waals surface area contributed by atoms with E-state index in [2.05, 4.69) is 4.74 Å².